The Bertz CT molecular complexity index is 1040. The van der Waals surface area contributed by atoms with Crippen LogP contribution in [0.15, 0.2) is 36.4 Å². The Kier molecular flexibility index (Phi) is 3.30. The SMILES string of the molecule is O=C1CSC2(C(=O)N3CCCc4cccc2c43)N1c1ccc2c(c1)OCCO2. The molecule has 2 aromatic carbocycles. The molecule has 4 heterocycles. The molecule has 2 aromatic rings. The number of ether oxygens (including phenoxy) is 2. The lowest BCUT2D eigenvalue weighted by Gasteiger charge is -2.33. The summed E-state index contributed by atoms with van der Waals surface area (Å²) in [6, 6.07) is 11.6. The minimum atomic E-state index is -1.03. The van der Waals surface area contributed by atoms with Crippen LogP contribution in [-0.4, -0.2) is 37.3 Å². The number of nitrogens with zero attached hydrogens (tertiary/aromatic N) is 2. The number of rotatable bonds is 1. The van der Waals surface area contributed by atoms with Crippen molar-refractivity contribution in [1.29, 1.82) is 0 Å². The largest absolute Gasteiger partial charge is 0.486 e. The number of carbonyl (C=O) groups excluding carboxylic acids is 2. The molecule has 0 aromatic heterocycles. The zero-order valence-corrected chi connectivity index (χ0v) is 16.0. The van der Waals surface area contributed by atoms with Crippen LogP contribution in [0.1, 0.15) is 17.5 Å². The van der Waals surface area contributed by atoms with Crippen molar-refractivity contribution in [3.63, 3.8) is 0 Å². The summed E-state index contributed by atoms with van der Waals surface area (Å²) in [5, 5.41) is 0. The van der Waals surface area contributed by atoms with Crippen molar-refractivity contribution >= 4 is 35.0 Å². The monoisotopic (exact) mass is 394 g/mol. The van der Waals surface area contributed by atoms with E-state index in [1.807, 2.05) is 35.2 Å². The van der Waals surface area contributed by atoms with Gasteiger partial charge in [0.2, 0.25) is 10.8 Å². The highest BCUT2D eigenvalue weighted by molar-refractivity contribution is 8.02. The van der Waals surface area contributed by atoms with Gasteiger partial charge in [0.1, 0.15) is 13.2 Å². The third-order valence-electron chi connectivity index (χ3n) is 5.87. The normalized spacial score (nSPS) is 24.9. The standard InChI is InChI=1S/C21H18N2O4S/c24-18-12-28-21(23(18)14-6-7-16-17(11-14)27-10-9-26-16)15-5-1-3-13-4-2-8-22(19(13)15)20(21)25/h1,3,5-7,11H,2,4,8-10,12H2. The molecule has 0 bridgehead atoms. The number of thioether (sulfide) groups is 1. The molecule has 6 nitrogen and oxygen atoms in total. The maximum absolute atomic E-state index is 13.7. The first-order chi connectivity index (χ1) is 13.7. The van der Waals surface area contributed by atoms with E-state index in [0.29, 0.717) is 36.9 Å². The summed E-state index contributed by atoms with van der Waals surface area (Å²) in [4.78, 5) is 29.2. The second-order valence-corrected chi connectivity index (χ2v) is 8.53. The second kappa shape index (κ2) is 5.67. The van der Waals surface area contributed by atoms with Crippen molar-refractivity contribution in [1.82, 2.24) is 0 Å². The summed E-state index contributed by atoms with van der Waals surface area (Å²) in [7, 11) is 0. The van der Waals surface area contributed by atoms with Gasteiger partial charge in [-0.3, -0.25) is 14.5 Å². The van der Waals surface area contributed by atoms with Gasteiger partial charge in [-0.25, -0.2) is 0 Å². The van der Waals surface area contributed by atoms with E-state index in [0.717, 1.165) is 24.1 Å². The van der Waals surface area contributed by atoms with Crippen molar-refractivity contribution in [2.24, 2.45) is 0 Å². The van der Waals surface area contributed by atoms with E-state index < -0.39 is 4.87 Å². The van der Waals surface area contributed by atoms with Gasteiger partial charge in [0.25, 0.3) is 5.91 Å². The molecule has 0 aliphatic carbocycles. The predicted octanol–water partition coefficient (Wildman–Crippen LogP) is 2.68. The number of benzene rings is 2. The molecule has 1 unspecified atom stereocenters. The third kappa shape index (κ3) is 1.95. The smallest absolute Gasteiger partial charge is 0.268 e. The summed E-state index contributed by atoms with van der Waals surface area (Å²) in [6.45, 7) is 1.69. The fourth-order valence-electron chi connectivity index (χ4n) is 4.75. The number of hydrogen-bond donors (Lipinski definition) is 0. The van der Waals surface area contributed by atoms with Crippen LogP contribution in [0.3, 0.4) is 0 Å². The molecule has 1 atom stereocenters. The van der Waals surface area contributed by atoms with Crippen LogP contribution in [0.2, 0.25) is 0 Å². The molecule has 28 heavy (non-hydrogen) atoms. The van der Waals surface area contributed by atoms with Gasteiger partial charge in [-0.2, -0.15) is 0 Å². The summed E-state index contributed by atoms with van der Waals surface area (Å²) in [5.74, 6) is 1.48. The summed E-state index contributed by atoms with van der Waals surface area (Å²) in [6.07, 6.45) is 1.91. The molecule has 0 N–H and O–H groups in total. The molecule has 4 aliphatic rings. The zero-order valence-electron chi connectivity index (χ0n) is 15.1. The first-order valence-electron chi connectivity index (χ1n) is 9.51. The van der Waals surface area contributed by atoms with Crippen molar-refractivity contribution in [3.05, 3.63) is 47.5 Å². The van der Waals surface area contributed by atoms with E-state index >= 15 is 0 Å². The second-order valence-electron chi connectivity index (χ2n) is 7.36. The van der Waals surface area contributed by atoms with E-state index in [4.69, 9.17) is 9.47 Å². The molecule has 7 heteroatoms. The van der Waals surface area contributed by atoms with Gasteiger partial charge in [0.05, 0.1) is 11.4 Å². The molecule has 1 spiro atoms. The highest BCUT2D eigenvalue weighted by atomic mass is 32.2. The number of para-hydroxylation sites is 1. The molecular formula is C21H18N2O4S. The van der Waals surface area contributed by atoms with Crippen LogP contribution in [0.4, 0.5) is 11.4 Å². The Hall–Kier alpha value is -2.67. The molecule has 4 aliphatic heterocycles. The highest BCUT2D eigenvalue weighted by Gasteiger charge is 2.61. The maximum atomic E-state index is 13.7. The quantitative estimate of drug-likeness (QED) is 0.744. The number of aryl methyl sites for hydroxylation is 1. The fourth-order valence-corrected chi connectivity index (χ4v) is 6.10. The van der Waals surface area contributed by atoms with Crippen LogP contribution in [0.25, 0.3) is 0 Å². The highest BCUT2D eigenvalue weighted by Crippen LogP contribution is 2.57. The zero-order chi connectivity index (χ0) is 18.9. The van der Waals surface area contributed by atoms with Crippen LogP contribution in [0, 0.1) is 0 Å². The average molecular weight is 394 g/mol. The third-order valence-corrected chi connectivity index (χ3v) is 7.26. The van der Waals surface area contributed by atoms with E-state index in [1.165, 1.54) is 17.3 Å². The van der Waals surface area contributed by atoms with Crippen molar-refractivity contribution in [2.75, 3.05) is 35.3 Å². The minimum Gasteiger partial charge on any atom is -0.486 e. The van der Waals surface area contributed by atoms with Crippen molar-refractivity contribution in [3.8, 4) is 11.5 Å². The van der Waals surface area contributed by atoms with Crippen LogP contribution in [0.5, 0.6) is 11.5 Å². The molecule has 1 fully saturated rings. The first kappa shape index (κ1) is 16.3. The Balaban J connectivity index is 1.55. The number of anilines is 2. The molecule has 142 valence electrons. The Labute approximate surface area is 166 Å². The Morgan fingerprint density at radius 3 is 2.79 bits per heavy atom. The Morgan fingerprint density at radius 1 is 1.04 bits per heavy atom. The summed E-state index contributed by atoms with van der Waals surface area (Å²) in [5.41, 5.74) is 3.80. The molecule has 0 saturated carbocycles. The number of amides is 2. The summed E-state index contributed by atoms with van der Waals surface area (Å²) >= 11 is 1.42. The van der Waals surface area contributed by atoms with E-state index in [9.17, 15) is 9.59 Å². The van der Waals surface area contributed by atoms with E-state index in [2.05, 4.69) is 6.07 Å². The van der Waals surface area contributed by atoms with E-state index in [1.54, 1.807) is 4.90 Å². The topological polar surface area (TPSA) is 59.1 Å². The molecule has 0 radical (unpaired) electrons. The average Bonchev–Trinajstić information content (AvgIpc) is 3.20. The van der Waals surface area contributed by atoms with E-state index in [-0.39, 0.29) is 17.6 Å². The number of fused-ring (bicyclic) bond motifs is 2. The maximum Gasteiger partial charge on any atom is 0.268 e. The van der Waals surface area contributed by atoms with Gasteiger partial charge in [0.15, 0.2) is 11.5 Å². The predicted molar refractivity (Wildman–Crippen MR) is 106 cm³/mol. The van der Waals surface area contributed by atoms with Gasteiger partial charge < -0.3 is 14.4 Å². The van der Waals surface area contributed by atoms with Gasteiger partial charge in [0, 0.05) is 23.9 Å². The first-order valence-corrected chi connectivity index (χ1v) is 10.5. The molecule has 1 saturated heterocycles. The van der Waals surface area contributed by atoms with Gasteiger partial charge >= 0.3 is 0 Å². The number of hydrogen-bond acceptors (Lipinski definition) is 5. The van der Waals surface area contributed by atoms with Gasteiger partial charge in [-0.1, -0.05) is 18.2 Å². The van der Waals surface area contributed by atoms with Crippen molar-refractivity contribution < 1.29 is 19.1 Å². The molecule has 6 rings (SSSR count). The van der Waals surface area contributed by atoms with Crippen LogP contribution in [-0.2, 0) is 20.9 Å². The molecule has 2 amide bonds. The fraction of sp³-hybridized carbons (Fsp3) is 0.333. The van der Waals surface area contributed by atoms with Crippen molar-refractivity contribution in [2.45, 2.75) is 17.7 Å². The van der Waals surface area contributed by atoms with Gasteiger partial charge in [-0.05, 0) is 30.5 Å². The van der Waals surface area contributed by atoms with Gasteiger partial charge in [-0.15, -0.1) is 11.8 Å². The lowest BCUT2D eigenvalue weighted by atomic mass is 9.98. The Morgan fingerprint density at radius 2 is 1.89 bits per heavy atom. The lowest BCUT2D eigenvalue weighted by molar-refractivity contribution is -0.123. The number of carbonyl (C=O) groups is 2. The molecular weight excluding hydrogens is 376 g/mol. The van der Waals surface area contributed by atoms with Crippen LogP contribution >= 0.6 is 11.8 Å². The summed E-state index contributed by atoms with van der Waals surface area (Å²) < 4.78 is 11.3. The van der Waals surface area contributed by atoms with Crippen LogP contribution < -0.4 is 19.3 Å². The lowest BCUT2D eigenvalue weighted by Crippen LogP contribution is -2.50. The minimum absolute atomic E-state index is 0.0135.